The Kier molecular flexibility index (Phi) is 3.77. The minimum Gasteiger partial charge on any atom is -0.317 e. The van der Waals surface area contributed by atoms with Crippen LogP contribution in [0.25, 0.3) is 0 Å². The summed E-state index contributed by atoms with van der Waals surface area (Å²) in [5, 5.41) is 3.35. The van der Waals surface area contributed by atoms with Crippen LogP contribution < -0.4 is 5.32 Å². The van der Waals surface area contributed by atoms with Crippen molar-refractivity contribution in [3.8, 4) is 12.3 Å². The molecule has 0 bridgehead atoms. The minimum atomic E-state index is 0.292. The van der Waals surface area contributed by atoms with Crippen molar-refractivity contribution in [1.82, 2.24) is 10.2 Å². The van der Waals surface area contributed by atoms with Crippen LogP contribution in [0.3, 0.4) is 0 Å². The Balaban J connectivity index is 2.46. The molecule has 0 aliphatic carbocycles. The van der Waals surface area contributed by atoms with Gasteiger partial charge in [-0.05, 0) is 26.3 Å². The van der Waals surface area contributed by atoms with Crippen molar-refractivity contribution >= 4 is 0 Å². The third-order valence-electron chi connectivity index (χ3n) is 3.10. The molecule has 3 unspecified atom stereocenters. The normalized spacial score (nSPS) is 32.5. The van der Waals surface area contributed by atoms with Gasteiger partial charge in [-0.1, -0.05) is 12.8 Å². The van der Waals surface area contributed by atoms with Crippen molar-refractivity contribution in [2.24, 2.45) is 5.92 Å². The van der Waals surface area contributed by atoms with E-state index in [0.717, 1.165) is 13.1 Å². The predicted molar refractivity (Wildman–Crippen MR) is 56.5 cm³/mol. The quantitative estimate of drug-likeness (QED) is 0.636. The highest BCUT2D eigenvalue weighted by molar-refractivity contribution is 4.99. The summed E-state index contributed by atoms with van der Waals surface area (Å²) in [6.45, 7) is 6.64. The van der Waals surface area contributed by atoms with E-state index in [2.05, 4.69) is 30.0 Å². The molecule has 1 aliphatic rings. The van der Waals surface area contributed by atoms with Gasteiger partial charge in [0.05, 0.1) is 6.04 Å². The number of piperidine rings is 1. The lowest BCUT2D eigenvalue weighted by Crippen LogP contribution is -2.49. The second kappa shape index (κ2) is 4.64. The molecular weight excluding hydrogens is 160 g/mol. The third-order valence-corrected chi connectivity index (χ3v) is 3.10. The van der Waals surface area contributed by atoms with Gasteiger partial charge in [-0.25, -0.2) is 0 Å². The smallest absolute Gasteiger partial charge is 0.0683 e. The molecule has 0 radical (unpaired) electrons. The van der Waals surface area contributed by atoms with E-state index in [1.165, 1.54) is 6.42 Å². The van der Waals surface area contributed by atoms with Gasteiger partial charge >= 0.3 is 0 Å². The van der Waals surface area contributed by atoms with E-state index in [0.29, 0.717) is 18.0 Å². The number of hydrogen-bond acceptors (Lipinski definition) is 2. The lowest BCUT2D eigenvalue weighted by atomic mass is 9.93. The standard InChI is InChI=1S/C11H20N2/c1-5-10(3)13-7-6-11(12-4)9(2)8-13/h1,9-12H,6-8H2,2-4H3. The summed E-state index contributed by atoms with van der Waals surface area (Å²) in [6, 6.07) is 0.960. The fourth-order valence-electron chi connectivity index (χ4n) is 2.06. The Labute approximate surface area is 81.7 Å². The molecule has 0 spiro atoms. The van der Waals surface area contributed by atoms with Crippen LogP contribution in [0.1, 0.15) is 20.3 Å². The van der Waals surface area contributed by atoms with Crippen molar-refractivity contribution in [1.29, 1.82) is 0 Å². The van der Waals surface area contributed by atoms with E-state index in [9.17, 15) is 0 Å². The highest BCUT2D eigenvalue weighted by Gasteiger charge is 2.26. The monoisotopic (exact) mass is 180 g/mol. The SMILES string of the molecule is C#CC(C)N1CCC(NC)C(C)C1. The van der Waals surface area contributed by atoms with Crippen LogP contribution in [-0.4, -0.2) is 37.1 Å². The topological polar surface area (TPSA) is 15.3 Å². The van der Waals surface area contributed by atoms with E-state index in [1.54, 1.807) is 0 Å². The first-order valence-corrected chi connectivity index (χ1v) is 5.06. The first-order valence-electron chi connectivity index (χ1n) is 5.06. The average Bonchev–Trinajstić information content (AvgIpc) is 2.16. The average molecular weight is 180 g/mol. The lowest BCUT2D eigenvalue weighted by molar-refractivity contribution is 0.136. The van der Waals surface area contributed by atoms with Crippen LogP contribution in [0.2, 0.25) is 0 Å². The van der Waals surface area contributed by atoms with Crippen LogP contribution in [0, 0.1) is 18.3 Å². The fourth-order valence-corrected chi connectivity index (χ4v) is 2.06. The van der Waals surface area contributed by atoms with Gasteiger partial charge < -0.3 is 5.32 Å². The van der Waals surface area contributed by atoms with Crippen molar-refractivity contribution in [3.05, 3.63) is 0 Å². The number of hydrogen-bond donors (Lipinski definition) is 1. The van der Waals surface area contributed by atoms with Gasteiger partial charge in [0.25, 0.3) is 0 Å². The Morgan fingerprint density at radius 3 is 2.77 bits per heavy atom. The van der Waals surface area contributed by atoms with Crippen LogP contribution in [-0.2, 0) is 0 Å². The van der Waals surface area contributed by atoms with Gasteiger partial charge in [0.1, 0.15) is 0 Å². The molecule has 1 saturated heterocycles. The zero-order valence-electron chi connectivity index (χ0n) is 8.88. The predicted octanol–water partition coefficient (Wildman–Crippen LogP) is 0.938. The molecule has 13 heavy (non-hydrogen) atoms. The molecule has 0 saturated carbocycles. The van der Waals surface area contributed by atoms with Crippen molar-refractivity contribution in [3.63, 3.8) is 0 Å². The summed E-state index contributed by atoms with van der Waals surface area (Å²) in [7, 11) is 2.04. The molecule has 3 atom stereocenters. The molecule has 2 nitrogen and oxygen atoms in total. The second-order valence-electron chi connectivity index (χ2n) is 4.00. The molecule has 0 amide bonds. The summed E-state index contributed by atoms with van der Waals surface area (Å²) < 4.78 is 0. The first kappa shape index (κ1) is 10.6. The summed E-state index contributed by atoms with van der Waals surface area (Å²) >= 11 is 0. The largest absolute Gasteiger partial charge is 0.317 e. The lowest BCUT2D eigenvalue weighted by Gasteiger charge is -2.38. The fraction of sp³-hybridized carbons (Fsp3) is 0.818. The van der Waals surface area contributed by atoms with Gasteiger partial charge in [-0.2, -0.15) is 0 Å². The molecule has 1 N–H and O–H groups in total. The van der Waals surface area contributed by atoms with Gasteiger partial charge in [0.2, 0.25) is 0 Å². The minimum absolute atomic E-state index is 0.292. The summed E-state index contributed by atoms with van der Waals surface area (Å²) in [4.78, 5) is 2.39. The summed E-state index contributed by atoms with van der Waals surface area (Å²) in [5.41, 5.74) is 0. The number of likely N-dealkylation sites (tertiary alicyclic amines) is 1. The number of terminal acetylenes is 1. The molecule has 2 heteroatoms. The Morgan fingerprint density at radius 1 is 1.62 bits per heavy atom. The Bertz CT molecular complexity index is 195. The maximum absolute atomic E-state index is 5.41. The highest BCUT2D eigenvalue weighted by atomic mass is 15.2. The second-order valence-corrected chi connectivity index (χ2v) is 4.00. The number of rotatable bonds is 2. The van der Waals surface area contributed by atoms with Crippen LogP contribution >= 0.6 is 0 Å². The molecule has 1 fully saturated rings. The zero-order valence-corrected chi connectivity index (χ0v) is 8.88. The third kappa shape index (κ3) is 2.46. The van der Waals surface area contributed by atoms with Gasteiger partial charge in [-0.15, -0.1) is 6.42 Å². The molecule has 0 aromatic heterocycles. The zero-order chi connectivity index (χ0) is 9.84. The molecular formula is C11H20N2. The molecule has 74 valence electrons. The van der Waals surface area contributed by atoms with Crippen LogP contribution in [0.5, 0.6) is 0 Å². The number of nitrogens with one attached hydrogen (secondary N) is 1. The highest BCUT2D eigenvalue weighted by Crippen LogP contribution is 2.17. The summed E-state index contributed by atoms with van der Waals surface area (Å²) in [5.74, 6) is 3.50. The molecule has 1 heterocycles. The Morgan fingerprint density at radius 2 is 2.31 bits per heavy atom. The molecule has 1 aliphatic heterocycles. The molecule has 1 rings (SSSR count). The number of nitrogens with zero attached hydrogens (tertiary/aromatic N) is 1. The van der Waals surface area contributed by atoms with Crippen LogP contribution in [0.4, 0.5) is 0 Å². The van der Waals surface area contributed by atoms with Crippen molar-refractivity contribution < 1.29 is 0 Å². The van der Waals surface area contributed by atoms with Crippen molar-refractivity contribution in [2.75, 3.05) is 20.1 Å². The van der Waals surface area contributed by atoms with E-state index >= 15 is 0 Å². The van der Waals surface area contributed by atoms with Gasteiger partial charge in [0, 0.05) is 19.1 Å². The Hall–Kier alpha value is -0.520. The van der Waals surface area contributed by atoms with E-state index in [1.807, 2.05) is 7.05 Å². The van der Waals surface area contributed by atoms with E-state index in [4.69, 9.17) is 6.42 Å². The van der Waals surface area contributed by atoms with Crippen molar-refractivity contribution in [2.45, 2.75) is 32.4 Å². The first-order chi connectivity index (χ1) is 6.19. The van der Waals surface area contributed by atoms with E-state index in [-0.39, 0.29) is 0 Å². The molecule has 0 aromatic carbocycles. The maximum atomic E-state index is 5.41. The van der Waals surface area contributed by atoms with Gasteiger partial charge in [0.15, 0.2) is 0 Å². The summed E-state index contributed by atoms with van der Waals surface area (Å²) in [6.07, 6.45) is 6.62. The maximum Gasteiger partial charge on any atom is 0.0683 e. The molecule has 0 aromatic rings. The van der Waals surface area contributed by atoms with Crippen LogP contribution in [0.15, 0.2) is 0 Å². The van der Waals surface area contributed by atoms with E-state index < -0.39 is 0 Å². The van der Waals surface area contributed by atoms with Gasteiger partial charge in [-0.3, -0.25) is 4.90 Å².